The lowest BCUT2D eigenvalue weighted by molar-refractivity contribution is -0.120. The zero-order valence-electron chi connectivity index (χ0n) is 15.0. The molecule has 0 saturated heterocycles. The number of anilines is 1. The molecule has 2 amide bonds. The molecule has 1 aromatic heterocycles. The van der Waals surface area contributed by atoms with Crippen molar-refractivity contribution in [3.8, 4) is 0 Å². The third-order valence-electron chi connectivity index (χ3n) is 5.06. The van der Waals surface area contributed by atoms with Crippen molar-refractivity contribution in [3.63, 3.8) is 0 Å². The lowest BCUT2D eigenvalue weighted by Crippen LogP contribution is -2.30. The van der Waals surface area contributed by atoms with Gasteiger partial charge in [-0.3, -0.25) is 9.59 Å². The Kier molecular flexibility index (Phi) is 6.06. The van der Waals surface area contributed by atoms with Crippen LogP contribution in [0.5, 0.6) is 0 Å². The van der Waals surface area contributed by atoms with Crippen molar-refractivity contribution in [3.05, 3.63) is 52.2 Å². The van der Waals surface area contributed by atoms with E-state index in [-0.39, 0.29) is 23.7 Å². The minimum Gasteiger partial charge on any atom is -0.337 e. The number of carbonyl (C=O) groups is 2. The summed E-state index contributed by atoms with van der Waals surface area (Å²) in [4.78, 5) is 27.6. The van der Waals surface area contributed by atoms with Crippen molar-refractivity contribution in [1.82, 2.24) is 4.90 Å². The van der Waals surface area contributed by atoms with Crippen LogP contribution in [0.3, 0.4) is 0 Å². The monoisotopic (exact) mass is 371 g/mol. The van der Waals surface area contributed by atoms with Crippen molar-refractivity contribution < 1.29 is 9.59 Å². The molecule has 1 aliphatic rings. The zero-order chi connectivity index (χ0) is 18.5. The van der Waals surface area contributed by atoms with Crippen LogP contribution in [-0.4, -0.2) is 30.3 Å². The van der Waals surface area contributed by atoms with Gasteiger partial charge in [-0.15, -0.1) is 11.3 Å². The van der Waals surface area contributed by atoms with Crippen LogP contribution in [0.2, 0.25) is 0 Å². The number of nitrogens with one attached hydrogen (secondary N) is 1. The molecule has 0 unspecified atom stereocenters. The fourth-order valence-electron chi connectivity index (χ4n) is 3.59. The van der Waals surface area contributed by atoms with Crippen LogP contribution in [0, 0.1) is 11.8 Å². The average Bonchev–Trinajstić information content (AvgIpc) is 3.34. The maximum Gasteiger partial charge on any atom is 0.263 e. The van der Waals surface area contributed by atoms with E-state index < -0.39 is 0 Å². The molecule has 0 spiro atoms. The molecule has 2 atom stereocenters. The van der Waals surface area contributed by atoms with Gasteiger partial charge < -0.3 is 16.0 Å². The fraction of sp³-hybridized carbons (Fsp3) is 0.400. The van der Waals surface area contributed by atoms with Gasteiger partial charge in [0.2, 0.25) is 5.91 Å². The average molecular weight is 372 g/mol. The van der Waals surface area contributed by atoms with Gasteiger partial charge in [-0.05, 0) is 48.4 Å². The number of amides is 2. The standard InChI is InChI=1S/C20H25N3O2S/c1-23(20(25)18-10-5-11-26-18)13-15-6-2-3-9-17(15)22-19(24)16-8-4-7-14(16)12-21/h2-3,5-6,9-11,14,16H,4,7-8,12-13,21H2,1H3,(H,22,24)/t14-,16-/m1/s1. The SMILES string of the molecule is CN(Cc1ccccc1NC(=O)[C@@H]1CCC[C@@H]1CN)C(=O)c1cccs1. The van der Waals surface area contributed by atoms with E-state index in [1.54, 1.807) is 11.9 Å². The van der Waals surface area contributed by atoms with Gasteiger partial charge >= 0.3 is 0 Å². The topological polar surface area (TPSA) is 75.4 Å². The van der Waals surface area contributed by atoms with Crippen molar-refractivity contribution in [2.45, 2.75) is 25.8 Å². The molecule has 3 N–H and O–H groups in total. The maximum atomic E-state index is 12.7. The van der Waals surface area contributed by atoms with E-state index in [0.29, 0.717) is 18.0 Å². The number of benzene rings is 1. The van der Waals surface area contributed by atoms with Gasteiger partial charge in [0.05, 0.1) is 4.88 Å². The van der Waals surface area contributed by atoms with E-state index in [2.05, 4.69) is 5.32 Å². The van der Waals surface area contributed by atoms with E-state index in [1.807, 2.05) is 41.8 Å². The third-order valence-corrected chi connectivity index (χ3v) is 5.92. The van der Waals surface area contributed by atoms with Crippen molar-refractivity contribution >= 4 is 28.8 Å². The minimum atomic E-state index is -0.0152. The molecule has 5 nitrogen and oxygen atoms in total. The predicted octanol–water partition coefficient (Wildman–Crippen LogP) is 3.33. The number of thiophene rings is 1. The molecule has 1 aliphatic carbocycles. The highest BCUT2D eigenvalue weighted by Gasteiger charge is 2.32. The number of rotatable bonds is 6. The van der Waals surface area contributed by atoms with Crippen LogP contribution in [0.1, 0.15) is 34.5 Å². The number of para-hydroxylation sites is 1. The van der Waals surface area contributed by atoms with Gasteiger partial charge in [0.25, 0.3) is 5.91 Å². The molecule has 26 heavy (non-hydrogen) atoms. The smallest absolute Gasteiger partial charge is 0.263 e. The third kappa shape index (κ3) is 4.14. The molecule has 6 heteroatoms. The van der Waals surface area contributed by atoms with Crippen LogP contribution in [0.25, 0.3) is 0 Å². The Hall–Kier alpha value is -2.18. The Labute approximate surface area is 158 Å². The van der Waals surface area contributed by atoms with Crippen LogP contribution in [0.4, 0.5) is 5.69 Å². The van der Waals surface area contributed by atoms with E-state index in [4.69, 9.17) is 5.73 Å². The normalized spacial score (nSPS) is 19.3. The van der Waals surface area contributed by atoms with Crippen LogP contribution in [-0.2, 0) is 11.3 Å². The molecule has 2 aromatic rings. The van der Waals surface area contributed by atoms with Gasteiger partial charge in [0, 0.05) is 25.2 Å². The van der Waals surface area contributed by atoms with Gasteiger partial charge in [-0.25, -0.2) is 0 Å². The molecule has 1 heterocycles. The van der Waals surface area contributed by atoms with Crippen molar-refractivity contribution in [2.75, 3.05) is 18.9 Å². The lowest BCUT2D eigenvalue weighted by Gasteiger charge is -2.21. The number of nitrogens with zero attached hydrogens (tertiary/aromatic N) is 1. The first-order valence-corrected chi connectivity index (χ1v) is 9.86. The first-order valence-electron chi connectivity index (χ1n) is 8.98. The second-order valence-corrected chi connectivity index (χ2v) is 7.77. The van der Waals surface area contributed by atoms with Gasteiger partial charge in [0.15, 0.2) is 0 Å². The van der Waals surface area contributed by atoms with E-state index >= 15 is 0 Å². The number of hydrogen-bond donors (Lipinski definition) is 2. The van der Waals surface area contributed by atoms with Crippen LogP contribution >= 0.6 is 11.3 Å². The van der Waals surface area contributed by atoms with Crippen LogP contribution in [0.15, 0.2) is 41.8 Å². The molecule has 138 valence electrons. The highest BCUT2D eigenvalue weighted by molar-refractivity contribution is 7.12. The second kappa shape index (κ2) is 8.47. The van der Waals surface area contributed by atoms with Gasteiger partial charge in [-0.1, -0.05) is 30.7 Å². The van der Waals surface area contributed by atoms with E-state index in [0.717, 1.165) is 30.5 Å². The van der Waals surface area contributed by atoms with Crippen molar-refractivity contribution in [2.24, 2.45) is 17.6 Å². The Bertz CT molecular complexity index is 760. The van der Waals surface area contributed by atoms with Gasteiger partial charge in [-0.2, -0.15) is 0 Å². The fourth-order valence-corrected chi connectivity index (χ4v) is 4.30. The van der Waals surface area contributed by atoms with E-state index in [1.165, 1.54) is 11.3 Å². The molecule has 1 fully saturated rings. The Morgan fingerprint density at radius 1 is 1.23 bits per heavy atom. The maximum absolute atomic E-state index is 12.7. The first-order chi connectivity index (χ1) is 12.6. The predicted molar refractivity (Wildman–Crippen MR) is 105 cm³/mol. The molecule has 0 aliphatic heterocycles. The molecule has 1 aromatic carbocycles. The molecule has 3 rings (SSSR count). The molecular formula is C20H25N3O2S. The number of nitrogens with two attached hydrogens (primary N) is 1. The minimum absolute atomic E-state index is 0.0138. The van der Waals surface area contributed by atoms with Crippen molar-refractivity contribution in [1.29, 1.82) is 0 Å². The number of carbonyl (C=O) groups excluding carboxylic acids is 2. The Balaban J connectivity index is 1.70. The summed E-state index contributed by atoms with van der Waals surface area (Å²) in [6.07, 6.45) is 2.97. The summed E-state index contributed by atoms with van der Waals surface area (Å²) in [5.74, 6) is 0.279. The highest BCUT2D eigenvalue weighted by Crippen LogP contribution is 2.32. The Morgan fingerprint density at radius 3 is 2.77 bits per heavy atom. The first kappa shape index (κ1) is 18.6. The molecular weight excluding hydrogens is 346 g/mol. The number of hydrogen-bond acceptors (Lipinski definition) is 4. The van der Waals surface area contributed by atoms with Crippen LogP contribution < -0.4 is 11.1 Å². The summed E-state index contributed by atoms with van der Waals surface area (Å²) in [5.41, 5.74) is 7.50. The highest BCUT2D eigenvalue weighted by atomic mass is 32.1. The largest absolute Gasteiger partial charge is 0.337 e. The summed E-state index contributed by atoms with van der Waals surface area (Å²) in [5, 5.41) is 4.96. The summed E-state index contributed by atoms with van der Waals surface area (Å²) in [7, 11) is 1.78. The summed E-state index contributed by atoms with van der Waals surface area (Å²) in [6.45, 7) is 0.996. The summed E-state index contributed by atoms with van der Waals surface area (Å²) in [6, 6.07) is 11.4. The second-order valence-electron chi connectivity index (χ2n) is 6.82. The summed E-state index contributed by atoms with van der Waals surface area (Å²) < 4.78 is 0. The molecule has 1 saturated carbocycles. The summed E-state index contributed by atoms with van der Waals surface area (Å²) >= 11 is 1.43. The Morgan fingerprint density at radius 2 is 2.04 bits per heavy atom. The molecule has 0 radical (unpaired) electrons. The zero-order valence-corrected chi connectivity index (χ0v) is 15.8. The van der Waals surface area contributed by atoms with E-state index in [9.17, 15) is 9.59 Å². The quantitative estimate of drug-likeness (QED) is 0.818. The van der Waals surface area contributed by atoms with Gasteiger partial charge in [0.1, 0.15) is 0 Å². The molecule has 0 bridgehead atoms. The lowest BCUT2D eigenvalue weighted by atomic mass is 9.95.